The first kappa shape index (κ1) is 11.9. The van der Waals surface area contributed by atoms with Gasteiger partial charge < -0.3 is 0 Å². The number of halogens is 1. The van der Waals surface area contributed by atoms with Crippen LogP contribution in [0.3, 0.4) is 0 Å². The van der Waals surface area contributed by atoms with Crippen LogP contribution in [0.5, 0.6) is 0 Å². The highest BCUT2D eigenvalue weighted by Crippen LogP contribution is 2.34. The summed E-state index contributed by atoms with van der Waals surface area (Å²) in [5.41, 5.74) is 0.828. The van der Waals surface area contributed by atoms with Gasteiger partial charge in [0.25, 0.3) is 0 Å². The van der Waals surface area contributed by atoms with E-state index in [4.69, 9.17) is 11.6 Å². The van der Waals surface area contributed by atoms with Crippen molar-refractivity contribution in [3.8, 4) is 0 Å². The quantitative estimate of drug-likeness (QED) is 0.743. The van der Waals surface area contributed by atoms with Gasteiger partial charge in [-0.15, -0.1) is 21.5 Å². The molecule has 2 heterocycles. The van der Waals surface area contributed by atoms with E-state index in [1.807, 2.05) is 25.1 Å². The highest BCUT2D eigenvalue weighted by atomic mass is 35.5. The van der Waals surface area contributed by atoms with Gasteiger partial charge in [0, 0.05) is 0 Å². The van der Waals surface area contributed by atoms with Crippen LogP contribution in [-0.4, -0.2) is 25.2 Å². The molecule has 0 spiro atoms. The summed E-state index contributed by atoms with van der Waals surface area (Å²) in [5, 5.41) is 13.3. The van der Waals surface area contributed by atoms with Gasteiger partial charge in [-0.1, -0.05) is 17.7 Å². The second kappa shape index (κ2) is 4.83. The average Bonchev–Trinajstić information content (AvgIpc) is 2.96. The van der Waals surface area contributed by atoms with Crippen LogP contribution in [0.2, 0.25) is 5.02 Å². The van der Waals surface area contributed by atoms with Crippen molar-refractivity contribution in [2.45, 2.75) is 23.0 Å². The van der Waals surface area contributed by atoms with E-state index >= 15 is 0 Å². The highest BCUT2D eigenvalue weighted by molar-refractivity contribution is 8.01. The second-order valence-electron chi connectivity index (χ2n) is 3.43. The van der Waals surface area contributed by atoms with Crippen molar-refractivity contribution in [2.24, 2.45) is 0 Å². The van der Waals surface area contributed by atoms with Crippen molar-refractivity contribution in [1.82, 2.24) is 25.2 Å². The lowest BCUT2D eigenvalue weighted by Gasteiger charge is -1.88. The van der Waals surface area contributed by atoms with Gasteiger partial charge in [-0.25, -0.2) is 4.98 Å². The van der Waals surface area contributed by atoms with Crippen molar-refractivity contribution in [2.75, 3.05) is 0 Å². The monoisotopic (exact) mass is 297 g/mol. The molecule has 0 atom stereocenters. The summed E-state index contributed by atoms with van der Waals surface area (Å²) in [4.78, 5) is 6.02. The molecule has 18 heavy (non-hydrogen) atoms. The fraction of sp³-hybridized carbons (Fsp3) is 0.200. The molecular weight excluding hydrogens is 290 g/mol. The van der Waals surface area contributed by atoms with Gasteiger partial charge in [-0.3, -0.25) is 0 Å². The molecule has 3 rings (SSSR count). The summed E-state index contributed by atoms with van der Waals surface area (Å²) in [6.45, 7) is 2.67. The van der Waals surface area contributed by atoms with Crippen LogP contribution >= 0.6 is 34.7 Å². The van der Waals surface area contributed by atoms with E-state index in [-0.39, 0.29) is 0 Å². The van der Waals surface area contributed by atoms with Gasteiger partial charge in [0.2, 0.25) is 5.16 Å². The molecule has 1 aromatic carbocycles. The predicted octanol–water partition coefficient (Wildman–Crippen LogP) is 3.11. The summed E-state index contributed by atoms with van der Waals surface area (Å²) < 4.78 is 1.93. The number of hydrogen-bond donors (Lipinski definition) is 0. The third-order valence-corrected chi connectivity index (χ3v) is 4.48. The van der Waals surface area contributed by atoms with Gasteiger partial charge in [0.05, 0.1) is 16.3 Å². The Morgan fingerprint density at radius 3 is 3.06 bits per heavy atom. The van der Waals surface area contributed by atoms with E-state index in [1.54, 1.807) is 16.1 Å². The molecule has 0 radical (unpaired) electrons. The van der Waals surface area contributed by atoms with Crippen molar-refractivity contribution in [3.63, 3.8) is 0 Å². The average molecular weight is 298 g/mol. The molecule has 3 aromatic rings. The van der Waals surface area contributed by atoms with Crippen LogP contribution in [0.1, 0.15) is 6.92 Å². The Labute approximate surface area is 116 Å². The van der Waals surface area contributed by atoms with Crippen molar-refractivity contribution in [1.29, 1.82) is 0 Å². The number of aryl methyl sites for hydroxylation is 1. The maximum Gasteiger partial charge on any atom is 0.238 e. The Bertz CT molecular complexity index is 692. The fourth-order valence-corrected chi connectivity index (χ4v) is 3.58. The summed E-state index contributed by atoms with van der Waals surface area (Å²) in [6.07, 6.45) is 0. The SMILES string of the molecule is CCn1nnc(Sc2nc3c(Cl)cccc3s2)n1. The van der Waals surface area contributed by atoms with E-state index in [9.17, 15) is 0 Å². The molecule has 0 aliphatic carbocycles. The Balaban J connectivity index is 1.93. The zero-order chi connectivity index (χ0) is 12.5. The first-order valence-corrected chi connectivity index (χ1v) is 7.28. The third kappa shape index (κ3) is 2.21. The van der Waals surface area contributed by atoms with Crippen LogP contribution in [0.15, 0.2) is 27.7 Å². The van der Waals surface area contributed by atoms with Crippen molar-refractivity contribution in [3.05, 3.63) is 23.2 Å². The minimum absolute atomic E-state index is 0.604. The summed E-state index contributed by atoms with van der Waals surface area (Å²) in [7, 11) is 0. The molecule has 0 amide bonds. The van der Waals surface area contributed by atoms with Crippen LogP contribution in [0.4, 0.5) is 0 Å². The molecule has 0 N–H and O–H groups in total. The molecule has 2 aromatic heterocycles. The molecule has 0 saturated carbocycles. The van der Waals surface area contributed by atoms with Gasteiger partial charge in [0.15, 0.2) is 4.34 Å². The van der Waals surface area contributed by atoms with Gasteiger partial charge in [0.1, 0.15) is 5.52 Å². The zero-order valence-electron chi connectivity index (χ0n) is 9.37. The fourth-order valence-electron chi connectivity index (χ4n) is 1.42. The predicted molar refractivity (Wildman–Crippen MR) is 72.2 cm³/mol. The molecule has 0 aliphatic heterocycles. The Kier molecular flexibility index (Phi) is 3.19. The number of para-hydroxylation sites is 1. The number of fused-ring (bicyclic) bond motifs is 1. The largest absolute Gasteiger partial charge is 0.238 e. The Morgan fingerprint density at radius 1 is 1.44 bits per heavy atom. The van der Waals surface area contributed by atoms with Crippen LogP contribution in [-0.2, 0) is 6.54 Å². The number of nitrogens with zero attached hydrogens (tertiary/aromatic N) is 5. The first-order valence-electron chi connectivity index (χ1n) is 5.27. The topological polar surface area (TPSA) is 56.5 Å². The summed E-state index contributed by atoms with van der Waals surface area (Å²) in [6, 6.07) is 5.76. The molecule has 5 nitrogen and oxygen atoms in total. The number of benzene rings is 1. The van der Waals surface area contributed by atoms with E-state index in [0.717, 1.165) is 14.6 Å². The molecule has 92 valence electrons. The molecular formula is C10H8ClN5S2. The molecule has 0 aliphatic rings. The number of hydrogen-bond acceptors (Lipinski definition) is 6. The summed E-state index contributed by atoms with van der Waals surface area (Å²) >= 11 is 9.06. The zero-order valence-corrected chi connectivity index (χ0v) is 11.8. The molecule has 0 saturated heterocycles. The number of rotatable bonds is 3. The normalized spacial score (nSPS) is 11.2. The standard InChI is InChI=1S/C10H8ClN5S2/c1-2-16-14-9(13-15-16)18-10-12-8-6(11)4-3-5-7(8)17-10/h3-5H,2H2,1H3. The van der Waals surface area contributed by atoms with E-state index in [1.165, 1.54) is 11.8 Å². The maximum atomic E-state index is 6.09. The van der Waals surface area contributed by atoms with Crippen molar-refractivity contribution < 1.29 is 0 Å². The summed E-state index contributed by atoms with van der Waals surface area (Å²) in [5.74, 6) is 0. The van der Waals surface area contributed by atoms with E-state index < -0.39 is 0 Å². The Hall–Kier alpha value is -1.18. The van der Waals surface area contributed by atoms with Crippen LogP contribution < -0.4 is 0 Å². The lowest BCUT2D eigenvalue weighted by atomic mass is 10.3. The van der Waals surface area contributed by atoms with E-state index in [2.05, 4.69) is 20.4 Å². The number of aromatic nitrogens is 5. The number of thiazole rings is 1. The van der Waals surface area contributed by atoms with Gasteiger partial charge in [-0.05, 0) is 36.0 Å². The minimum atomic E-state index is 0.604. The molecule has 0 bridgehead atoms. The van der Waals surface area contributed by atoms with Crippen LogP contribution in [0, 0.1) is 0 Å². The van der Waals surface area contributed by atoms with E-state index in [0.29, 0.717) is 16.7 Å². The number of tetrazole rings is 1. The van der Waals surface area contributed by atoms with Gasteiger partial charge >= 0.3 is 0 Å². The molecule has 0 unspecified atom stereocenters. The molecule has 0 fully saturated rings. The maximum absolute atomic E-state index is 6.09. The van der Waals surface area contributed by atoms with Crippen molar-refractivity contribution >= 4 is 44.9 Å². The highest BCUT2D eigenvalue weighted by Gasteiger charge is 2.11. The van der Waals surface area contributed by atoms with Crippen LogP contribution in [0.25, 0.3) is 10.2 Å². The molecule has 8 heteroatoms. The lowest BCUT2D eigenvalue weighted by Crippen LogP contribution is -1.98. The smallest absolute Gasteiger partial charge is 0.228 e. The lowest BCUT2D eigenvalue weighted by molar-refractivity contribution is 0.549. The minimum Gasteiger partial charge on any atom is -0.228 e. The Morgan fingerprint density at radius 2 is 2.33 bits per heavy atom. The third-order valence-electron chi connectivity index (χ3n) is 2.25. The first-order chi connectivity index (χ1) is 8.76. The second-order valence-corrected chi connectivity index (χ2v) is 6.08. The van der Waals surface area contributed by atoms with Gasteiger partial charge in [-0.2, -0.15) is 4.80 Å².